The van der Waals surface area contributed by atoms with E-state index in [1.54, 1.807) is 37.3 Å². The lowest BCUT2D eigenvalue weighted by atomic mass is 9.86. The lowest BCUT2D eigenvalue weighted by molar-refractivity contribution is -0.119. The monoisotopic (exact) mass is 449 g/mol. The molecule has 1 saturated carbocycles. The molecule has 33 heavy (non-hydrogen) atoms. The number of benzene rings is 2. The molecule has 0 spiro atoms. The lowest BCUT2D eigenvalue weighted by Crippen LogP contribution is -2.37. The van der Waals surface area contributed by atoms with E-state index in [4.69, 9.17) is 9.72 Å². The zero-order valence-corrected chi connectivity index (χ0v) is 18.9. The smallest absolute Gasteiger partial charge is 0.337 e. The Morgan fingerprint density at radius 1 is 1.06 bits per heavy atom. The van der Waals surface area contributed by atoms with Crippen LogP contribution < -0.4 is 10.6 Å². The van der Waals surface area contributed by atoms with Crippen molar-refractivity contribution in [3.05, 3.63) is 59.9 Å². The summed E-state index contributed by atoms with van der Waals surface area (Å²) in [6.45, 7) is 2.33. The summed E-state index contributed by atoms with van der Waals surface area (Å²) < 4.78 is 18.3. The molecule has 7 heteroatoms. The van der Waals surface area contributed by atoms with Crippen LogP contribution in [-0.4, -0.2) is 36.6 Å². The summed E-state index contributed by atoms with van der Waals surface area (Å²) in [5, 5.41) is 7.38. The third-order valence-corrected chi connectivity index (χ3v) is 6.19. The maximum atomic E-state index is 13.5. The quantitative estimate of drug-likeness (QED) is 0.522. The number of carbonyl (C=O) groups excluding carboxylic acids is 2. The van der Waals surface area contributed by atoms with Gasteiger partial charge >= 0.3 is 5.97 Å². The number of aromatic nitrogens is 1. The van der Waals surface area contributed by atoms with E-state index in [0.717, 1.165) is 60.1 Å². The molecule has 2 aromatic carbocycles. The average molecular weight is 450 g/mol. The number of ether oxygens (including phenoxy) is 1. The number of pyridine rings is 1. The van der Waals surface area contributed by atoms with E-state index in [1.165, 1.54) is 19.2 Å². The number of esters is 1. The number of anilines is 1. The van der Waals surface area contributed by atoms with E-state index in [1.807, 2.05) is 6.07 Å². The molecule has 0 atom stereocenters. The maximum Gasteiger partial charge on any atom is 0.337 e. The summed E-state index contributed by atoms with van der Waals surface area (Å²) in [5.74, 6) is -0.195. The summed E-state index contributed by atoms with van der Waals surface area (Å²) >= 11 is 0. The van der Waals surface area contributed by atoms with Gasteiger partial charge in [0.1, 0.15) is 5.82 Å². The molecule has 1 fully saturated rings. The van der Waals surface area contributed by atoms with Crippen molar-refractivity contribution in [2.75, 3.05) is 19.0 Å². The van der Waals surface area contributed by atoms with E-state index in [2.05, 4.69) is 10.6 Å². The van der Waals surface area contributed by atoms with Gasteiger partial charge in [-0.3, -0.25) is 4.79 Å². The van der Waals surface area contributed by atoms with Crippen LogP contribution in [0.5, 0.6) is 0 Å². The largest absolute Gasteiger partial charge is 0.465 e. The number of nitrogens with zero attached hydrogens (tertiary/aromatic N) is 1. The number of rotatable bonds is 6. The van der Waals surface area contributed by atoms with Crippen molar-refractivity contribution in [2.24, 2.45) is 5.92 Å². The molecule has 0 unspecified atom stereocenters. The second-order valence-electron chi connectivity index (χ2n) is 8.59. The van der Waals surface area contributed by atoms with Gasteiger partial charge in [0.15, 0.2) is 0 Å². The Morgan fingerprint density at radius 3 is 2.45 bits per heavy atom. The van der Waals surface area contributed by atoms with Gasteiger partial charge in [-0.15, -0.1) is 0 Å². The molecule has 0 saturated heterocycles. The molecule has 1 heterocycles. The van der Waals surface area contributed by atoms with Crippen LogP contribution in [0.1, 0.15) is 43.0 Å². The highest BCUT2D eigenvalue weighted by Crippen LogP contribution is 2.32. The van der Waals surface area contributed by atoms with E-state index in [0.29, 0.717) is 11.5 Å². The second-order valence-corrected chi connectivity index (χ2v) is 8.59. The van der Waals surface area contributed by atoms with Crippen LogP contribution in [0.25, 0.3) is 22.2 Å². The Balaban J connectivity index is 1.59. The van der Waals surface area contributed by atoms with Gasteiger partial charge in [-0.05, 0) is 80.1 Å². The first-order valence-electron chi connectivity index (χ1n) is 11.2. The third-order valence-electron chi connectivity index (χ3n) is 6.19. The molecule has 1 amide bonds. The standard InChI is InChI=1S/C26H28FN3O3/c1-16(31)29-22-10-3-17(4-11-22)15-28-24-14-20-13-19(26(32)33-2)7-12-23(20)30-25(24)18-5-8-21(27)9-6-18/h5-9,12-14,17,22,28H,3-4,10-11,15H2,1-2H3,(H,29,31). The minimum Gasteiger partial charge on any atom is -0.465 e. The molecular formula is C26H28FN3O3. The normalized spacial score (nSPS) is 18.0. The van der Waals surface area contributed by atoms with Gasteiger partial charge in [-0.2, -0.15) is 0 Å². The highest BCUT2D eigenvalue weighted by atomic mass is 19.1. The number of halogens is 1. The van der Waals surface area contributed by atoms with Gasteiger partial charge in [0.25, 0.3) is 0 Å². The van der Waals surface area contributed by atoms with Gasteiger partial charge < -0.3 is 15.4 Å². The number of hydrogen-bond donors (Lipinski definition) is 2. The van der Waals surface area contributed by atoms with Crippen molar-refractivity contribution < 1.29 is 18.7 Å². The van der Waals surface area contributed by atoms with Gasteiger partial charge in [0, 0.05) is 30.5 Å². The van der Waals surface area contributed by atoms with Crippen molar-refractivity contribution in [2.45, 2.75) is 38.6 Å². The number of fused-ring (bicyclic) bond motifs is 1. The average Bonchev–Trinajstić information content (AvgIpc) is 2.82. The molecule has 2 N–H and O–H groups in total. The fourth-order valence-corrected chi connectivity index (χ4v) is 4.44. The van der Waals surface area contributed by atoms with Crippen LogP contribution in [0.3, 0.4) is 0 Å². The molecule has 3 aromatic rings. The first kappa shape index (κ1) is 22.7. The highest BCUT2D eigenvalue weighted by Gasteiger charge is 2.22. The maximum absolute atomic E-state index is 13.5. The van der Waals surface area contributed by atoms with Gasteiger partial charge in [0.2, 0.25) is 5.91 Å². The van der Waals surface area contributed by atoms with E-state index in [-0.39, 0.29) is 17.8 Å². The molecule has 6 nitrogen and oxygen atoms in total. The Morgan fingerprint density at radius 2 is 1.79 bits per heavy atom. The number of methoxy groups -OCH3 is 1. The molecule has 172 valence electrons. The third kappa shape index (κ3) is 5.48. The summed E-state index contributed by atoms with van der Waals surface area (Å²) in [6.07, 6.45) is 3.99. The van der Waals surface area contributed by atoms with Crippen LogP contribution in [-0.2, 0) is 9.53 Å². The SMILES string of the molecule is COC(=O)c1ccc2nc(-c3ccc(F)cc3)c(NCC3CCC(NC(C)=O)CC3)cc2c1. The Kier molecular flexibility index (Phi) is 6.87. The van der Waals surface area contributed by atoms with Crippen molar-refractivity contribution >= 4 is 28.5 Å². The molecule has 1 aliphatic rings. The predicted molar refractivity (Wildman–Crippen MR) is 127 cm³/mol. The zero-order chi connectivity index (χ0) is 23.4. The van der Waals surface area contributed by atoms with Crippen LogP contribution in [0.2, 0.25) is 0 Å². The fourth-order valence-electron chi connectivity index (χ4n) is 4.44. The van der Waals surface area contributed by atoms with Crippen LogP contribution >= 0.6 is 0 Å². The summed E-state index contributed by atoms with van der Waals surface area (Å²) in [5.41, 5.74) is 3.58. The Hall–Kier alpha value is -3.48. The Labute approximate surface area is 192 Å². The van der Waals surface area contributed by atoms with Gasteiger partial charge in [-0.25, -0.2) is 14.2 Å². The summed E-state index contributed by atoms with van der Waals surface area (Å²) in [6, 6.07) is 13.8. The predicted octanol–water partition coefficient (Wildman–Crippen LogP) is 4.93. The van der Waals surface area contributed by atoms with Crippen molar-refractivity contribution in [3.8, 4) is 11.3 Å². The number of carbonyl (C=O) groups is 2. The van der Waals surface area contributed by atoms with Crippen molar-refractivity contribution in [3.63, 3.8) is 0 Å². The second kappa shape index (κ2) is 9.98. The molecule has 0 aliphatic heterocycles. The molecule has 1 aromatic heterocycles. The Bertz CT molecular complexity index is 1160. The number of amides is 1. The summed E-state index contributed by atoms with van der Waals surface area (Å²) in [7, 11) is 1.36. The first-order chi connectivity index (χ1) is 15.9. The first-order valence-corrected chi connectivity index (χ1v) is 11.2. The molecule has 0 bridgehead atoms. The van der Waals surface area contributed by atoms with Crippen LogP contribution in [0.15, 0.2) is 48.5 Å². The molecule has 4 rings (SSSR count). The number of hydrogen-bond acceptors (Lipinski definition) is 5. The van der Waals surface area contributed by atoms with Gasteiger partial charge in [-0.1, -0.05) is 0 Å². The molecule has 1 aliphatic carbocycles. The fraction of sp³-hybridized carbons (Fsp3) is 0.346. The van der Waals surface area contributed by atoms with Crippen molar-refractivity contribution in [1.29, 1.82) is 0 Å². The molecular weight excluding hydrogens is 421 g/mol. The summed E-state index contributed by atoms with van der Waals surface area (Å²) in [4.78, 5) is 28.1. The topological polar surface area (TPSA) is 80.3 Å². The van der Waals surface area contributed by atoms with E-state index in [9.17, 15) is 14.0 Å². The zero-order valence-electron chi connectivity index (χ0n) is 18.9. The minimum atomic E-state index is -0.398. The minimum absolute atomic E-state index is 0.0223. The highest BCUT2D eigenvalue weighted by molar-refractivity contribution is 5.96. The van der Waals surface area contributed by atoms with Crippen molar-refractivity contribution in [1.82, 2.24) is 10.3 Å². The van der Waals surface area contributed by atoms with Crippen LogP contribution in [0, 0.1) is 11.7 Å². The van der Waals surface area contributed by atoms with Crippen LogP contribution in [0.4, 0.5) is 10.1 Å². The number of nitrogens with one attached hydrogen (secondary N) is 2. The van der Waals surface area contributed by atoms with Gasteiger partial charge in [0.05, 0.1) is 29.6 Å². The van der Waals surface area contributed by atoms with E-state index >= 15 is 0 Å². The lowest BCUT2D eigenvalue weighted by Gasteiger charge is -2.29. The molecule has 0 radical (unpaired) electrons. The van der Waals surface area contributed by atoms with E-state index < -0.39 is 5.97 Å².